The SMILES string of the molecule is O=[N+]([O-])[C-](c1ccc(Br)cc1)[N+](=O)[O-].[K+]. The van der Waals surface area contributed by atoms with Crippen molar-refractivity contribution in [3.63, 3.8) is 0 Å². The predicted molar refractivity (Wildman–Crippen MR) is 50.5 cm³/mol. The smallest absolute Gasteiger partial charge is 0.265 e. The van der Waals surface area contributed by atoms with Crippen LogP contribution in [0.15, 0.2) is 28.7 Å². The van der Waals surface area contributed by atoms with Gasteiger partial charge in [0.05, 0.1) is 9.85 Å². The molecule has 6 nitrogen and oxygen atoms in total. The van der Waals surface area contributed by atoms with Crippen LogP contribution in [0.25, 0.3) is 0 Å². The molecule has 8 heteroatoms. The van der Waals surface area contributed by atoms with E-state index in [1.807, 2.05) is 0 Å². The minimum absolute atomic E-state index is 0. The zero-order valence-electron chi connectivity index (χ0n) is 7.71. The van der Waals surface area contributed by atoms with Gasteiger partial charge in [-0.15, -0.1) is 24.3 Å². The first-order chi connectivity index (χ1) is 6.52. The van der Waals surface area contributed by atoms with Gasteiger partial charge in [0.2, 0.25) is 0 Å². The molecule has 0 fully saturated rings. The van der Waals surface area contributed by atoms with Crippen LogP contribution in [0, 0.1) is 26.4 Å². The van der Waals surface area contributed by atoms with Crippen LogP contribution >= 0.6 is 15.9 Å². The number of nitro groups is 2. The molecule has 74 valence electrons. The van der Waals surface area contributed by atoms with E-state index in [-0.39, 0.29) is 56.9 Å². The molecule has 0 N–H and O–H groups in total. The third kappa shape index (κ3) is 4.17. The van der Waals surface area contributed by atoms with Gasteiger partial charge in [-0.05, 0) is 10.0 Å². The van der Waals surface area contributed by atoms with Gasteiger partial charge in [-0.25, -0.2) is 0 Å². The van der Waals surface area contributed by atoms with Crippen molar-refractivity contribution in [1.29, 1.82) is 0 Å². The molecule has 0 aliphatic carbocycles. The fraction of sp³-hybridized carbons (Fsp3) is 0. The maximum Gasteiger partial charge on any atom is 1.00 e. The van der Waals surface area contributed by atoms with Crippen LogP contribution in [-0.4, -0.2) is 9.85 Å². The molecule has 0 radical (unpaired) electrons. The largest absolute Gasteiger partial charge is 1.00 e. The Balaban J connectivity index is 0.00000196. The fourth-order valence-corrected chi connectivity index (χ4v) is 1.14. The molecule has 0 saturated heterocycles. The van der Waals surface area contributed by atoms with E-state index in [9.17, 15) is 20.2 Å². The zero-order chi connectivity index (χ0) is 10.7. The molecule has 1 aromatic rings. The molecule has 1 aromatic carbocycles. The van der Waals surface area contributed by atoms with Gasteiger partial charge in [-0.1, -0.05) is 15.9 Å². The maximum absolute atomic E-state index is 10.3. The van der Waals surface area contributed by atoms with Gasteiger partial charge in [0.25, 0.3) is 0 Å². The first kappa shape index (κ1) is 15.0. The molecule has 0 aliphatic rings. The summed E-state index contributed by atoms with van der Waals surface area (Å²) in [5.74, 6) is 0. The normalized spacial score (nSPS) is 8.87. The molecule has 0 saturated carbocycles. The Bertz CT molecular complexity index is 356. The first-order valence-electron chi connectivity index (χ1n) is 3.44. The Morgan fingerprint density at radius 1 is 1.07 bits per heavy atom. The van der Waals surface area contributed by atoms with Crippen molar-refractivity contribution < 1.29 is 61.2 Å². The van der Waals surface area contributed by atoms with Gasteiger partial charge >= 0.3 is 57.6 Å². The topological polar surface area (TPSA) is 86.3 Å². The summed E-state index contributed by atoms with van der Waals surface area (Å²) < 4.78 is 0.701. The Kier molecular flexibility index (Phi) is 6.56. The second-order valence-electron chi connectivity index (χ2n) is 2.34. The second-order valence-corrected chi connectivity index (χ2v) is 3.26. The Morgan fingerprint density at radius 3 is 1.80 bits per heavy atom. The van der Waals surface area contributed by atoms with E-state index in [2.05, 4.69) is 15.9 Å². The second kappa shape index (κ2) is 6.56. The molecule has 0 aliphatic heterocycles. The number of hydrogen-bond acceptors (Lipinski definition) is 4. The number of hydrogen-bond donors (Lipinski definition) is 0. The zero-order valence-corrected chi connectivity index (χ0v) is 12.4. The summed E-state index contributed by atoms with van der Waals surface area (Å²) in [6, 6.07) is 5.63. The monoisotopic (exact) mass is 298 g/mol. The molecule has 1 rings (SSSR count). The Hall–Kier alpha value is 0.00636. The van der Waals surface area contributed by atoms with Gasteiger partial charge in [-0.2, -0.15) is 0 Å². The van der Waals surface area contributed by atoms with Crippen LogP contribution in [0.2, 0.25) is 0 Å². The molecule has 0 bridgehead atoms. The van der Waals surface area contributed by atoms with Crippen molar-refractivity contribution in [1.82, 2.24) is 0 Å². The van der Waals surface area contributed by atoms with Crippen LogP contribution in [0.5, 0.6) is 0 Å². The fourth-order valence-electron chi connectivity index (χ4n) is 0.876. The summed E-state index contributed by atoms with van der Waals surface area (Å²) in [5, 5.41) is 20.7. The number of benzene rings is 1. The molecular formula is C7H4BrKN2O4. The summed E-state index contributed by atoms with van der Waals surface area (Å²) >= 11 is 3.12. The Morgan fingerprint density at radius 2 is 1.47 bits per heavy atom. The van der Waals surface area contributed by atoms with E-state index < -0.39 is 16.0 Å². The van der Waals surface area contributed by atoms with Gasteiger partial charge in [0.15, 0.2) is 0 Å². The number of halogens is 1. The minimum Gasteiger partial charge on any atom is -0.265 e. The van der Waals surface area contributed by atoms with Gasteiger partial charge in [0.1, 0.15) is 0 Å². The maximum atomic E-state index is 10.3. The average Bonchev–Trinajstić information content (AvgIpc) is 2.07. The third-order valence-corrected chi connectivity index (χ3v) is 1.98. The molecule has 0 atom stereocenters. The van der Waals surface area contributed by atoms with E-state index in [1.54, 1.807) is 0 Å². The summed E-state index contributed by atoms with van der Waals surface area (Å²) in [4.78, 5) is 18.7. The van der Waals surface area contributed by atoms with E-state index in [4.69, 9.17) is 0 Å². The van der Waals surface area contributed by atoms with Crippen LogP contribution in [-0.2, 0) is 0 Å². The number of rotatable bonds is 3. The van der Waals surface area contributed by atoms with E-state index >= 15 is 0 Å². The Labute approximate surface area is 136 Å². The van der Waals surface area contributed by atoms with Crippen LogP contribution in [0.1, 0.15) is 5.56 Å². The standard InChI is InChI=1S/C7H4BrN2O4.K/c8-6-3-1-5(2-4-6)7(9(11)12)10(13)14;/h1-4H;/q-1;+1. The van der Waals surface area contributed by atoms with Gasteiger partial charge in [-0.3, -0.25) is 20.2 Å². The number of nitrogens with zero attached hydrogens (tertiary/aromatic N) is 2. The predicted octanol–water partition coefficient (Wildman–Crippen LogP) is -1.16. The van der Waals surface area contributed by atoms with Crippen LogP contribution in [0.4, 0.5) is 0 Å². The minimum atomic E-state index is -1.02. The third-order valence-electron chi connectivity index (χ3n) is 1.45. The molecule has 15 heavy (non-hydrogen) atoms. The molecule has 0 heterocycles. The first-order valence-corrected chi connectivity index (χ1v) is 4.23. The van der Waals surface area contributed by atoms with Crippen molar-refractivity contribution in [2.75, 3.05) is 0 Å². The van der Waals surface area contributed by atoms with E-state index in [0.717, 1.165) is 0 Å². The molecule has 0 aromatic heterocycles. The molecule has 0 spiro atoms. The summed E-state index contributed by atoms with van der Waals surface area (Å²) in [5.41, 5.74) is -0.0248. The molecular weight excluding hydrogens is 295 g/mol. The van der Waals surface area contributed by atoms with E-state index in [0.29, 0.717) is 4.47 Å². The van der Waals surface area contributed by atoms with Crippen molar-refractivity contribution >= 4 is 15.9 Å². The summed E-state index contributed by atoms with van der Waals surface area (Å²) in [7, 11) is 0. The average molecular weight is 299 g/mol. The van der Waals surface area contributed by atoms with Crippen molar-refractivity contribution in [2.24, 2.45) is 0 Å². The molecule has 0 amide bonds. The summed E-state index contributed by atoms with van der Waals surface area (Å²) in [6.07, 6.45) is -1.02. The summed E-state index contributed by atoms with van der Waals surface area (Å²) in [6.45, 7) is 0. The quantitative estimate of drug-likeness (QED) is 0.305. The van der Waals surface area contributed by atoms with Crippen molar-refractivity contribution in [2.45, 2.75) is 0 Å². The molecule has 0 unspecified atom stereocenters. The van der Waals surface area contributed by atoms with E-state index in [1.165, 1.54) is 24.3 Å². The van der Waals surface area contributed by atoms with Crippen molar-refractivity contribution in [3.8, 4) is 0 Å². The van der Waals surface area contributed by atoms with Crippen LogP contribution in [0.3, 0.4) is 0 Å². The van der Waals surface area contributed by atoms with Gasteiger partial charge in [0, 0.05) is 0 Å². The van der Waals surface area contributed by atoms with Crippen LogP contribution < -0.4 is 51.4 Å². The van der Waals surface area contributed by atoms with Crippen molar-refractivity contribution in [3.05, 3.63) is 60.7 Å². The van der Waals surface area contributed by atoms with Gasteiger partial charge < -0.3 is 0 Å².